The van der Waals surface area contributed by atoms with Crippen LogP contribution in [0.15, 0.2) is 16.6 Å². The lowest BCUT2D eigenvalue weighted by Crippen LogP contribution is -2.08. The van der Waals surface area contributed by atoms with E-state index in [2.05, 4.69) is 15.9 Å². The molecule has 0 atom stereocenters. The molecule has 1 aliphatic carbocycles. The van der Waals surface area contributed by atoms with Crippen molar-refractivity contribution in [2.24, 2.45) is 0 Å². The van der Waals surface area contributed by atoms with Crippen molar-refractivity contribution in [2.75, 3.05) is 0 Å². The van der Waals surface area contributed by atoms with Gasteiger partial charge in [0.2, 0.25) is 0 Å². The monoisotopic (exact) mass is 248 g/mol. The third-order valence-corrected chi connectivity index (χ3v) is 2.87. The van der Waals surface area contributed by atoms with Crippen molar-refractivity contribution in [3.8, 4) is 0 Å². The van der Waals surface area contributed by atoms with Crippen LogP contribution in [0.1, 0.15) is 18.4 Å². The van der Waals surface area contributed by atoms with Crippen LogP contribution in [0.2, 0.25) is 0 Å². The first kappa shape index (κ1) is 9.09. The minimum Gasteiger partial charge on any atom is -0.385 e. The van der Waals surface area contributed by atoms with Crippen LogP contribution < -0.4 is 0 Å². The Balaban J connectivity index is 2.54. The van der Waals surface area contributed by atoms with Crippen molar-refractivity contribution < 1.29 is 13.9 Å². The summed E-state index contributed by atoms with van der Waals surface area (Å²) in [5.41, 5.74) is -1.06. The summed E-state index contributed by atoms with van der Waals surface area (Å²) >= 11 is 2.87. The van der Waals surface area contributed by atoms with E-state index in [9.17, 15) is 13.9 Å². The van der Waals surface area contributed by atoms with Crippen LogP contribution in [-0.4, -0.2) is 5.11 Å². The van der Waals surface area contributed by atoms with Crippen molar-refractivity contribution in [3.63, 3.8) is 0 Å². The SMILES string of the molecule is OC1(c2ccc(Br)c(F)c2F)CC1. The molecule has 0 amide bonds. The molecular formula is C9H7BrF2O. The van der Waals surface area contributed by atoms with Gasteiger partial charge in [0.1, 0.15) is 0 Å². The van der Waals surface area contributed by atoms with Gasteiger partial charge >= 0.3 is 0 Å². The van der Waals surface area contributed by atoms with Gasteiger partial charge in [-0.15, -0.1) is 0 Å². The smallest absolute Gasteiger partial charge is 0.173 e. The maximum Gasteiger partial charge on any atom is 0.173 e. The van der Waals surface area contributed by atoms with Gasteiger partial charge in [-0.2, -0.15) is 0 Å². The Kier molecular flexibility index (Phi) is 1.92. The summed E-state index contributed by atoms with van der Waals surface area (Å²) in [4.78, 5) is 0. The Labute approximate surface area is 82.5 Å². The number of hydrogen-bond acceptors (Lipinski definition) is 1. The van der Waals surface area contributed by atoms with Gasteiger partial charge in [0, 0.05) is 5.56 Å². The van der Waals surface area contributed by atoms with E-state index in [1.165, 1.54) is 12.1 Å². The molecule has 1 saturated carbocycles. The molecule has 0 heterocycles. The van der Waals surface area contributed by atoms with E-state index in [0.717, 1.165) is 0 Å². The molecule has 0 saturated heterocycles. The second-order valence-electron chi connectivity index (χ2n) is 3.25. The Morgan fingerprint density at radius 2 is 1.85 bits per heavy atom. The first-order chi connectivity index (χ1) is 6.04. The summed E-state index contributed by atoms with van der Waals surface area (Å²) < 4.78 is 26.3. The van der Waals surface area contributed by atoms with Crippen molar-refractivity contribution in [3.05, 3.63) is 33.8 Å². The highest BCUT2D eigenvalue weighted by atomic mass is 79.9. The van der Waals surface area contributed by atoms with E-state index in [0.29, 0.717) is 12.8 Å². The summed E-state index contributed by atoms with van der Waals surface area (Å²) in [5.74, 6) is -1.88. The van der Waals surface area contributed by atoms with Gasteiger partial charge in [-0.05, 0) is 34.8 Å². The summed E-state index contributed by atoms with van der Waals surface area (Å²) in [7, 11) is 0. The van der Waals surface area contributed by atoms with Gasteiger partial charge in [-0.1, -0.05) is 6.07 Å². The second kappa shape index (κ2) is 2.75. The Morgan fingerprint density at radius 1 is 1.23 bits per heavy atom. The van der Waals surface area contributed by atoms with Crippen LogP contribution in [-0.2, 0) is 5.60 Å². The van der Waals surface area contributed by atoms with E-state index >= 15 is 0 Å². The predicted molar refractivity (Wildman–Crippen MR) is 47.2 cm³/mol. The lowest BCUT2D eigenvalue weighted by atomic mass is 10.1. The summed E-state index contributed by atoms with van der Waals surface area (Å²) in [6, 6.07) is 2.82. The number of rotatable bonds is 1. The molecule has 0 aromatic heterocycles. The van der Waals surface area contributed by atoms with Gasteiger partial charge in [0.25, 0.3) is 0 Å². The van der Waals surface area contributed by atoms with Crippen LogP contribution in [0.25, 0.3) is 0 Å². The molecule has 2 rings (SSSR count). The topological polar surface area (TPSA) is 20.2 Å². The van der Waals surface area contributed by atoms with Crippen LogP contribution in [0.5, 0.6) is 0 Å². The molecular weight excluding hydrogens is 242 g/mol. The van der Waals surface area contributed by atoms with Crippen molar-refractivity contribution in [1.29, 1.82) is 0 Å². The average molecular weight is 249 g/mol. The Bertz CT molecular complexity index is 361. The van der Waals surface area contributed by atoms with E-state index in [4.69, 9.17) is 0 Å². The molecule has 0 bridgehead atoms. The molecule has 1 N–H and O–H groups in total. The highest BCUT2D eigenvalue weighted by Crippen LogP contribution is 2.46. The highest BCUT2D eigenvalue weighted by Gasteiger charge is 2.44. The lowest BCUT2D eigenvalue weighted by Gasteiger charge is -2.09. The zero-order chi connectivity index (χ0) is 9.64. The molecule has 0 radical (unpaired) electrons. The minimum absolute atomic E-state index is 0.0631. The predicted octanol–water partition coefficient (Wildman–Crippen LogP) is 2.71. The number of aliphatic hydroxyl groups is 1. The molecule has 13 heavy (non-hydrogen) atoms. The molecule has 70 valence electrons. The Hall–Kier alpha value is -0.480. The number of hydrogen-bond donors (Lipinski definition) is 1. The Morgan fingerprint density at radius 3 is 2.38 bits per heavy atom. The molecule has 1 fully saturated rings. The fourth-order valence-electron chi connectivity index (χ4n) is 1.27. The second-order valence-corrected chi connectivity index (χ2v) is 4.11. The maximum absolute atomic E-state index is 13.2. The standard InChI is InChI=1S/C9H7BrF2O/c10-6-2-1-5(7(11)8(6)12)9(13)3-4-9/h1-2,13H,3-4H2. The van der Waals surface area contributed by atoms with Crippen LogP contribution in [0, 0.1) is 11.6 Å². The van der Waals surface area contributed by atoms with Crippen molar-refractivity contribution >= 4 is 15.9 Å². The maximum atomic E-state index is 13.2. The molecule has 0 unspecified atom stereocenters. The minimum atomic E-state index is -1.12. The van der Waals surface area contributed by atoms with Crippen molar-refractivity contribution in [1.82, 2.24) is 0 Å². The summed E-state index contributed by atoms with van der Waals surface area (Å²) in [5, 5.41) is 9.57. The number of halogens is 3. The fourth-order valence-corrected chi connectivity index (χ4v) is 1.58. The van der Waals surface area contributed by atoms with Gasteiger partial charge in [-0.25, -0.2) is 8.78 Å². The zero-order valence-corrected chi connectivity index (χ0v) is 8.24. The van der Waals surface area contributed by atoms with E-state index in [1.807, 2.05) is 0 Å². The molecule has 1 aliphatic rings. The average Bonchev–Trinajstić information content (AvgIpc) is 2.80. The number of benzene rings is 1. The van der Waals surface area contributed by atoms with Crippen LogP contribution >= 0.6 is 15.9 Å². The summed E-state index contributed by atoms with van der Waals surface area (Å²) in [6.07, 6.45) is 1.01. The third-order valence-electron chi connectivity index (χ3n) is 2.26. The zero-order valence-electron chi connectivity index (χ0n) is 6.65. The van der Waals surface area contributed by atoms with Crippen LogP contribution in [0.3, 0.4) is 0 Å². The molecule has 0 spiro atoms. The van der Waals surface area contributed by atoms with E-state index in [1.54, 1.807) is 0 Å². The largest absolute Gasteiger partial charge is 0.385 e. The highest BCUT2D eigenvalue weighted by molar-refractivity contribution is 9.10. The van der Waals surface area contributed by atoms with E-state index in [-0.39, 0.29) is 10.0 Å². The van der Waals surface area contributed by atoms with Gasteiger partial charge in [-0.3, -0.25) is 0 Å². The molecule has 0 aliphatic heterocycles. The van der Waals surface area contributed by atoms with Crippen LogP contribution in [0.4, 0.5) is 8.78 Å². The quantitative estimate of drug-likeness (QED) is 0.758. The molecule has 1 aromatic rings. The van der Waals surface area contributed by atoms with Gasteiger partial charge < -0.3 is 5.11 Å². The fraction of sp³-hybridized carbons (Fsp3) is 0.333. The normalized spacial score (nSPS) is 18.8. The van der Waals surface area contributed by atoms with E-state index < -0.39 is 17.2 Å². The van der Waals surface area contributed by atoms with Crippen molar-refractivity contribution in [2.45, 2.75) is 18.4 Å². The molecule has 1 nitrogen and oxygen atoms in total. The first-order valence-electron chi connectivity index (χ1n) is 3.91. The lowest BCUT2D eigenvalue weighted by molar-refractivity contribution is 0.145. The molecule has 4 heteroatoms. The van der Waals surface area contributed by atoms with Gasteiger partial charge in [0.15, 0.2) is 11.6 Å². The van der Waals surface area contributed by atoms with Gasteiger partial charge in [0.05, 0.1) is 10.1 Å². The third kappa shape index (κ3) is 1.38. The summed E-state index contributed by atoms with van der Waals surface area (Å²) in [6.45, 7) is 0. The first-order valence-corrected chi connectivity index (χ1v) is 4.70. The molecule has 1 aromatic carbocycles.